The van der Waals surface area contributed by atoms with Crippen molar-refractivity contribution in [3.8, 4) is 0 Å². The Labute approximate surface area is 113 Å². The van der Waals surface area contributed by atoms with Crippen molar-refractivity contribution in [1.29, 1.82) is 0 Å². The number of hydrogen-bond acceptors (Lipinski definition) is 3. The number of rotatable bonds is 4. The van der Waals surface area contributed by atoms with Crippen LogP contribution in [-0.4, -0.2) is 17.3 Å². The second-order valence-corrected chi connectivity index (χ2v) is 5.16. The van der Waals surface area contributed by atoms with Crippen LogP contribution >= 0.6 is 11.8 Å². The van der Waals surface area contributed by atoms with E-state index in [1.165, 1.54) is 17.8 Å². The summed E-state index contributed by atoms with van der Waals surface area (Å²) in [6.07, 6.45) is -3.48. The molecule has 6 heteroatoms. The molecule has 0 bridgehead atoms. The molecule has 0 spiro atoms. The predicted molar refractivity (Wildman–Crippen MR) is 71.1 cm³/mol. The molecule has 0 aliphatic rings. The number of thioether (sulfide) groups is 1. The van der Waals surface area contributed by atoms with Gasteiger partial charge in [0.05, 0.1) is 16.1 Å². The Morgan fingerprint density at radius 2 is 1.89 bits per heavy atom. The molecule has 1 aromatic carbocycles. The minimum Gasteiger partial charge on any atom is -0.330 e. The van der Waals surface area contributed by atoms with Crippen molar-refractivity contribution in [3.63, 3.8) is 0 Å². The number of pyridine rings is 1. The number of aromatic nitrogens is 1. The second-order valence-electron chi connectivity index (χ2n) is 4.05. The summed E-state index contributed by atoms with van der Waals surface area (Å²) in [6, 6.07) is 7.21. The first-order chi connectivity index (χ1) is 9.00. The number of halogens is 3. The van der Waals surface area contributed by atoms with Crippen molar-refractivity contribution < 1.29 is 13.2 Å². The maximum atomic E-state index is 12.6. The minimum atomic E-state index is -4.33. The van der Waals surface area contributed by atoms with Gasteiger partial charge in [-0.2, -0.15) is 13.2 Å². The molecule has 0 fully saturated rings. The van der Waals surface area contributed by atoms with E-state index < -0.39 is 11.7 Å². The van der Waals surface area contributed by atoms with Crippen LogP contribution < -0.4 is 5.73 Å². The summed E-state index contributed by atoms with van der Waals surface area (Å²) in [6.45, 7) is 0.596. The van der Waals surface area contributed by atoms with Crippen molar-refractivity contribution in [2.24, 2.45) is 5.73 Å². The average Bonchev–Trinajstić information content (AvgIpc) is 2.37. The van der Waals surface area contributed by atoms with Gasteiger partial charge in [0.1, 0.15) is 0 Å². The number of nitrogens with two attached hydrogens (primary N) is 1. The smallest absolute Gasteiger partial charge is 0.330 e. The van der Waals surface area contributed by atoms with Crippen LogP contribution in [0, 0.1) is 0 Å². The lowest BCUT2D eigenvalue weighted by atomic mass is 10.1. The van der Waals surface area contributed by atoms with E-state index in [9.17, 15) is 13.2 Å². The number of benzene rings is 1. The van der Waals surface area contributed by atoms with Crippen molar-refractivity contribution in [2.45, 2.75) is 17.6 Å². The molecule has 2 N–H and O–H groups in total. The summed E-state index contributed by atoms with van der Waals surface area (Å²) in [5, 5.41) is 1.43. The molecule has 0 unspecified atom stereocenters. The lowest BCUT2D eigenvalue weighted by molar-refractivity contribution is -0.137. The van der Waals surface area contributed by atoms with E-state index in [1.54, 1.807) is 6.07 Å². The Hall–Kier alpha value is -1.27. The highest BCUT2D eigenvalue weighted by Crippen LogP contribution is 2.31. The summed E-state index contributed by atoms with van der Waals surface area (Å²) in [7, 11) is 0. The van der Waals surface area contributed by atoms with E-state index in [0.29, 0.717) is 17.4 Å². The zero-order chi connectivity index (χ0) is 13.9. The van der Waals surface area contributed by atoms with Gasteiger partial charge < -0.3 is 5.73 Å². The van der Waals surface area contributed by atoms with Crippen LogP contribution in [0.15, 0.2) is 35.4 Å². The van der Waals surface area contributed by atoms with Gasteiger partial charge in [0, 0.05) is 11.1 Å². The topological polar surface area (TPSA) is 38.9 Å². The number of hydrogen-bond donors (Lipinski definition) is 1. The maximum Gasteiger partial charge on any atom is 0.416 e. The SMILES string of the molecule is NCCCSc1ccc2ccc(C(F)(F)F)cc2n1. The maximum absolute atomic E-state index is 12.6. The molecule has 19 heavy (non-hydrogen) atoms. The lowest BCUT2D eigenvalue weighted by Gasteiger charge is -2.08. The molecule has 0 amide bonds. The summed E-state index contributed by atoms with van der Waals surface area (Å²) in [4.78, 5) is 4.24. The fourth-order valence-corrected chi connectivity index (χ4v) is 2.46. The Balaban J connectivity index is 2.29. The fourth-order valence-electron chi connectivity index (χ4n) is 1.62. The predicted octanol–water partition coefficient (Wildman–Crippen LogP) is 3.69. The quantitative estimate of drug-likeness (QED) is 0.688. The van der Waals surface area contributed by atoms with Crippen LogP contribution in [0.1, 0.15) is 12.0 Å². The van der Waals surface area contributed by atoms with Gasteiger partial charge in [-0.1, -0.05) is 12.1 Å². The van der Waals surface area contributed by atoms with E-state index in [2.05, 4.69) is 4.98 Å². The Bertz CT molecular complexity index is 569. The molecule has 1 aromatic heterocycles. The van der Waals surface area contributed by atoms with Crippen LogP contribution in [0.5, 0.6) is 0 Å². The monoisotopic (exact) mass is 286 g/mol. The van der Waals surface area contributed by atoms with Gasteiger partial charge in [-0.05, 0) is 31.2 Å². The highest BCUT2D eigenvalue weighted by molar-refractivity contribution is 7.99. The van der Waals surface area contributed by atoms with Gasteiger partial charge in [-0.3, -0.25) is 0 Å². The molecule has 102 valence electrons. The van der Waals surface area contributed by atoms with Crippen LogP contribution in [0.25, 0.3) is 10.9 Å². The molecule has 2 aromatic rings. The van der Waals surface area contributed by atoms with Gasteiger partial charge >= 0.3 is 6.18 Å². The second kappa shape index (κ2) is 5.79. The van der Waals surface area contributed by atoms with Crippen molar-refractivity contribution >= 4 is 22.7 Å². The molecule has 1 heterocycles. The standard InChI is InChI=1S/C13H13F3N2S/c14-13(15,16)10-4-2-9-3-5-12(18-11(9)8-10)19-7-1-6-17/h2-5,8H,1,6-7,17H2. The van der Waals surface area contributed by atoms with Crippen molar-refractivity contribution in [1.82, 2.24) is 4.98 Å². The third-order valence-corrected chi connectivity index (χ3v) is 3.61. The Morgan fingerprint density at radius 3 is 2.58 bits per heavy atom. The summed E-state index contributed by atoms with van der Waals surface area (Å²) in [5.74, 6) is 0.813. The summed E-state index contributed by atoms with van der Waals surface area (Å²) >= 11 is 1.50. The minimum absolute atomic E-state index is 0.368. The van der Waals surface area contributed by atoms with Crippen molar-refractivity contribution in [2.75, 3.05) is 12.3 Å². The van der Waals surface area contributed by atoms with Gasteiger partial charge in [-0.15, -0.1) is 11.8 Å². The first-order valence-corrected chi connectivity index (χ1v) is 6.80. The van der Waals surface area contributed by atoms with Gasteiger partial charge in [-0.25, -0.2) is 4.98 Å². The molecule has 0 radical (unpaired) electrons. The Morgan fingerprint density at radius 1 is 1.16 bits per heavy atom. The van der Waals surface area contributed by atoms with Crippen LogP contribution in [0.4, 0.5) is 13.2 Å². The van der Waals surface area contributed by atoms with E-state index >= 15 is 0 Å². The first kappa shape index (κ1) is 14.1. The van der Waals surface area contributed by atoms with E-state index in [0.717, 1.165) is 29.3 Å². The molecule has 0 aliphatic heterocycles. The lowest BCUT2D eigenvalue weighted by Crippen LogP contribution is -2.04. The largest absolute Gasteiger partial charge is 0.416 e. The highest BCUT2D eigenvalue weighted by atomic mass is 32.2. The zero-order valence-electron chi connectivity index (χ0n) is 10.1. The number of nitrogens with zero attached hydrogens (tertiary/aromatic N) is 1. The van der Waals surface area contributed by atoms with Gasteiger partial charge in [0.15, 0.2) is 0 Å². The molecular formula is C13H13F3N2S. The molecule has 0 atom stereocenters. The Kier molecular flexibility index (Phi) is 4.31. The number of alkyl halides is 3. The van der Waals surface area contributed by atoms with Crippen LogP contribution in [0.3, 0.4) is 0 Å². The normalized spacial score (nSPS) is 12.0. The first-order valence-electron chi connectivity index (χ1n) is 5.81. The molecule has 0 aliphatic carbocycles. The fraction of sp³-hybridized carbons (Fsp3) is 0.308. The summed E-state index contributed by atoms with van der Waals surface area (Å²) in [5.41, 5.74) is 5.09. The van der Waals surface area contributed by atoms with E-state index in [-0.39, 0.29) is 0 Å². The van der Waals surface area contributed by atoms with E-state index in [4.69, 9.17) is 5.73 Å². The number of fused-ring (bicyclic) bond motifs is 1. The molecule has 2 rings (SSSR count). The van der Waals surface area contributed by atoms with Crippen molar-refractivity contribution in [3.05, 3.63) is 35.9 Å². The molecule has 0 saturated carbocycles. The van der Waals surface area contributed by atoms with Gasteiger partial charge in [0.25, 0.3) is 0 Å². The van der Waals surface area contributed by atoms with E-state index in [1.807, 2.05) is 6.07 Å². The molecule has 2 nitrogen and oxygen atoms in total. The van der Waals surface area contributed by atoms with Crippen LogP contribution in [-0.2, 0) is 6.18 Å². The third-order valence-electron chi connectivity index (χ3n) is 2.59. The average molecular weight is 286 g/mol. The highest BCUT2D eigenvalue weighted by Gasteiger charge is 2.30. The van der Waals surface area contributed by atoms with Crippen LogP contribution in [0.2, 0.25) is 0 Å². The summed E-state index contributed by atoms with van der Waals surface area (Å²) < 4.78 is 37.9. The zero-order valence-corrected chi connectivity index (χ0v) is 10.9. The molecular weight excluding hydrogens is 273 g/mol. The molecule has 0 saturated heterocycles. The van der Waals surface area contributed by atoms with Gasteiger partial charge in [0.2, 0.25) is 0 Å². The third kappa shape index (κ3) is 3.61.